The van der Waals surface area contributed by atoms with Gasteiger partial charge in [-0.1, -0.05) is 17.7 Å². The van der Waals surface area contributed by atoms with Crippen LogP contribution < -0.4 is 15.5 Å². The van der Waals surface area contributed by atoms with Crippen molar-refractivity contribution in [2.45, 2.75) is 19.3 Å². The largest absolute Gasteiger partial charge is 0.439 e. The summed E-state index contributed by atoms with van der Waals surface area (Å²) in [5, 5.41) is 6.78. The van der Waals surface area contributed by atoms with Gasteiger partial charge in [0.25, 0.3) is 5.91 Å². The van der Waals surface area contributed by atoms with Crippen LogP contribution in [0, 0.1) is 5.92 Å². The van der Waals surface area contributed by atoms with Gasteiger partial charge in [-0.3, -0.25) is 4.79 Å². The van der Waals surface area contributed by atoms with Crippen LogP contribution in [0.25, 0.3) is 10.9 Å². The summed E-state index contributed by atoms with van der Waals surface area (Å²) < 4.78 is 4.81. The van der Waals surface area contributed by atoms with E-state index in [0.29, 0.717) is 12.5 Å². The van der Waals surface area contributed by atoms with Crippen LogP contribution in [0.2, 0.25) is 5.02 Å². The highest BCUT2D eigenvalue weighted by Crippen LogP contribution is 2.27. The number of likely N-dealkylation sites (N-methyl/N-ethyl adjacent to an activating group) is 1. The van der Waals surface area contributed by atoms with Crippen molar-refractivity contribution in [2.24, 2.45) is 5.92 Å². The van der Waals surface area contributed by atoms with E-state index in [1.807, 2.05) is 30.3 Å². The fourth-order valence-electron chi connectivity index (χ4n) is 3.37. The predicted octanol–water partition coefficient (Wildman–Crippen LogP) is 2.97. The summed E-state index contributed by atoms with van der Waals surface area (Å²) in [4.78, 5) is 29.6. The highest BCUT2D eigenvalue weighted by molar-refractivity contribution is 6.35. The lowest BCUT2D eigenvalue weighted by Crippen LogP contribution is -2.36. The van der Waals surface area contributed by atoms with E-state index in [1.54, 1.807) is 0 Å². The highest BCUT2D eigenvalue weighted by atomic mass is 35.5. The molecule has 0 atom stereocenters. The fourth-order valence-corrected chi connectivity index (χ4v) is 3.60. The second-order valence-corrected chi connectivity index (χ2v) is 7.28. The molecule has 2 heterocycles. The minimum atomic E-state index is -0.555. The number of benzene rings is 1. The second kappa shape index (κ2) is 9.59. The zero-order valence-electron chi connectivity index (χ0n) is 15.9. The Morgan fingerprint density at radius 1 is 1.25 bits per heavy atom. The molecule has 150 valence electrons. The number of piperidine rings is 1. The number of pyridine rings is 1. The standard InChI is InChI=1S/C20H25ClN4O3/c1-22-19(26)13-28-20(27)23-10-7-14-8-11-25(12-9-14)18-6-5-15-16(21)3-2-4-17(15)24-18/h2-6,14H,7-13H2,1H3,(H,22,26)(H,23,27). The van der Waals surface area contributed by atoms with Crippen LogP contribution in [0.1, 0.15) is 19.3 Å². The zero-order valence-corrected chi connectivity index (χ0v) is 16.7. The average molecular weight is 405 g/mol. The molecule has 2 aromatic rings. The first-order valence-corrected chi connectivity index (χ1v) is 9.86. The summed E-state index contributed by atoms with van der Waals surface area (Å²) in [6, 6.07) is 9.82. The fraction of sp³-hybridized carbons (Fsp3) is 0.450. The molecular formula is C20H25ClN4O3. The number of amides is 2. The lowest BCUT2D eigenvalue weighted by atomic mass is 9.93. The smallest absolute Gasteiger partial charge is 0.407 e. The molecule has 2 amide bonds. The van der Waals surface area contributed by atoms with Crippen LogP contribution in [-0.4, -0.2) is 50.3 Å². The van der Waals surface area contributed by atoms with Crippen molar-refractivity contribution in [1.29, 1.82) is 0 Å². The average Bonchev–Trinajstić information content (AvgIpc) is 2.72. The Bertz CT molecular complexity index is 837. The lowest BCUT2D eigenvalue weighted by Gasteiger charge is -2.33. The SMILES string of the molecule is CNC(=O)COC(=O)NCCC1CCN(c2ccc3c(Cl)cccc3n2)CC1. The van der Waals surface area contributed by atoms with E-state index >= 15 is 0 Å². The molecule has 0 aliphatic carbocycles. The number of nitrogens with one attached hydrogen (secondary N) is 2. The Kier molecular flexibility index (Phi) is 6.92. The Balaban J connectivity index is 1.42. The van der Waals surface area contributed by atoms with Crippen LogP contribution in [0.3, 0.4) is 0 Å². The van der Waals surface area contributed by atoms with Gasteiger partial charge < -0.3 is 20.3 Å². The maximum atomic E-state index is 11.5. The van der Waals surface area contributed by atoms with E-state index in [2.05, 4.69) is 15.5 Å². The molecule has 1 aromatic carbocycles. The van der Waals surface area contributed by atoms with Crippen molar-refractivity contribution in [3.8, 4) is 0 Å². The molecule has 3 rings (SSSR count). The van der Waals surface area contributed by atoms with Crippen molar-refractivity contribution >= 4 is 40.3 Å². The van der Waals surface area contributed by atoms with Gasteiger partial charge in [0.1, 0.15) is 5.82 Å². The number of anilines is 1. The van der Waals surface area contributed by atoms with E-state index in [1.165, 1.54) is 7.05 Å². The maximum Gasteiger partial charge on any atom is 0.407 e. The van der Waals surface area contributed by atoms with Gasteiger partial charge in [0.15, 0.2) is 6.61 Å². The number of hydrogen-bond acceptors (Lipinski definition) is 5. The molecule has 1 aromatic heterocycles. The Morgan fingerprint density at radius 2 is 2.04 bits per heavy atom. The summed E-state index contributed by atoms with van der Waals surface area (Å²) in [6.07, 6.45) is 2.43. The molecule has 28 heavy (non-hydrogen) atoms. The number of halogens is 1. The molecule has 1 aliphatic heterocycles. The van der Waals surface area contributed by atoms with Crippen LogP contribution in [-0.2, 0) is 9.53 Å². The highest BCUT2D eigenvalue weighted by Gasteiger charge is 2.20. The van der Waals surface area contributed by atoms with Gasteiger partial charge in [0.05, 0.1) is 5.52 Å². The molecule has 1 saturated heterocycles. The van der Waals surface area contributed by atoms with Gasteiger partial charge >= 0.3 is 6.09 Å². The van der Waals surface area contributed by atoms with Gasteiger partial charge in [0.2, 0.25) is 0 Å². The quantitative estimate of drug-likeness (QED) is 0.773. The van der Waals surface area contributed by atoms with E-state index in [0.717, 1.165) is 54.1 Å². The molecule has 0 radical (unpaired) electrons. The molecule has 2 N–H and O–H groups in total. The number of carbonyl (C=O) groups excluding carboxylic acids is 2. The first kappa shape index (κ1) is 20.2. The topological polar surface area (TPSA) is 83.6 Å². The molecule has 8 heteroatoms. The van der Waals surface area contributed by atoms with Crippen molar-refractivity contribution in [3.05, 3.63) is 35.4 Å². The summed E-state index contributed by atoms with van der Waals surface area (Å²) in [6.45, 7) is 2.16. The molecule has 1 fully saturated rings. The molecule has 0 saturated carbocycles. The van der Waals surface area contributed by atoms with Crippen LogP contribution >= 0.6 is 11.6 Å². The third kappa shape index (κ3) is 5.25. The number of nitrogens with zero attached hydrogens (tertiary/aromatic N) is 2. The molecule has 7 nitrogen and oxygen atoms in total. The van der Waals surface area contributed by atoms with Gasteiger partial charge in [0, 0.05) is 37.1 Å². The third-order valence-corrected chi connectivity index (χ3v) is 5.37. The Morgan fingerprint density at radius 3 is 2.79 bits per heavy atom. The molecule has 0 unspecified atom stereocenters. The molecular weight excluding hydrogens is 380 g/mol. The number of ether oxygens (including phenoxy) is 1. The normalized spacial score (nSPS) is 14.7. The van der Waals surface area contributed by atoms with E-state index in [9.17, 15) is 9.59 Å². The van der Waals surface area contributed by atoms with Crippen molar-refractivity contribution < 1.29 is 14.3 Å². The predicted molar refractivity (Wildman–Crippen MR) is 110 cm³/mol. The molecule has 1 aliphatic rings. The zero-order chi connectivity index (χ0) is 19.9. The van der Waals surface area contributed by atoms with Gasteiger partial charge in [-0.2, -0.15) is 0 Å². The number of hydrogen-bond donors (Lipinski definition) is 2. The minimum absolute atomic E-state index is 0.259. The molecule has 0 spiro atoms. The Labute approximate surface area is 169 Å². The minimum Gasteiger partial charge on any atom is -0.439 e. The number of aromatic nitrogens is 1. The van der Waals surface area contributed by atoms with Gasteiger partial charge in [-0.15, -0.1) is 0 Å². The second-order valence-electron chi connectivity index (χ2n) is 6.87. The van der Waals surface area contributed by atoms with Gasteiger partial charge in [-0.25, -0.2) is 9.78 Å². The third-order valence-electron chi connectivity index (χ3n) is 5.04. The summed E-state index contributed by atoms with van der Waals surface area (Å²) in [5.41, 5.74) is 0.909. The summed E-state index contributed by atoms with van der Waals surface area (Å²) >= 11 is 6.22. The van der Waals surface area contributed by atoms with E-state index < -0.39 is 6.09 Å². The van der Waals surface area contributed by atoms with Crippen LogP contribution in [0.4, 0.5) is 10.6 Å². The van der Waals surface area contributed by atoms with E-state index in [-0.39, 0.29) is 12.5 Å². The first-order chi connectivity index (χ1) is 13.6. The van der Waals surface area contributed by atoms with Gasteiger partial charge in [-0.05, 0) is 49.4 Å². The number of alkyl carbamates (subject to hydrolysis) is 1. The Hall–Kier alpha value is -2.54. The van der Waals surface area contributed by atoms with Crippen LogP contribution in [0.15, 0.2) is 30.3 Å². The summed E-state index contributed by atoms with van der Waals surface area (Å²) in [5.74, 6) is 1.20. The van der Waals surface area contributed by atoms with Crippen LogP contribution in [0.5, 0.6) is 0 Å². The van der Waals surface area contributed by atoms with Crippen molar-refractivity contribution in [3.63, 3.8) is 0 Å². The maximum absolute atomic E-state index is 11.5. The first-order valence-electron chi connectivity index (χ1n) is 9.48. The monoisotopic (exact) mass is 404 g/mol. The number of rotatable bonds is 6. The molecule has 0 bridgehead atoms. The van der Waals surface area contributed by atoms with Crippen molar-refractivity contribution in [2.75, 3.05) is 38.2 Å². The number of fused-ring (bicyclic) bond motifs is 1. The lowest BCUT2D eigenvalue weighted by molar-refractivity contribution is -0.123. The number of carbonyl (C=O) groups is 2. The summed E-state index contributed by atoms with van der Waals surface area (Å²) in [7, 11) is 1.50. The van der Waals surface area contributed by atoms with E-state index in [4.69, 9.17) is 21.3 Å². The van der Waals surface area contributed by atoms with Crippen molar-refractivity contribution in [1.82, 2.24) is 15.6 Å².